The van der Waals surface area contributed by atoms with E-state index >= 15 is 0 Å². The van der Waals surface area contributed by atoms with Gasteiger partial charge in [-0.25, -0.2) is 4.98 Å². The molecule has 0 unspecified atom stereocenters. The fourth-order valence-corrected chi connectivity index (χ4v) is 4.66. The molecule has 1 N–H and O–H groups in total. The van der Waals surface area contributed by atoms with Crippen molar-refractivity contribution in [3.63, 3.8) is 0 Å². The molecule has 154 valence electrons. The fourth-order valence-electron chi connectivity index (χ4n) is 4.66. The number of aliphatic hydroxyl groups excluding tert-OH is 1. The maximum atomic E-state index is 12.5. The number of benzene rings is 1. The number of rotatable bonds is 4. The molecule has 0 radical (unpaired) electrons. The predicted molar refractivity (Wildman–Crippen MR) is 117 cm³/mol. The van der Waals surface area contributed by atoms with E-state index in [4.69, 9.17) is 0 Å². The van der Waals surface area contributed by atoms with E-state index in [0.717, 1.165) is 55.6 Å². The normalized spacial score (nSPS) is 21.5. The zero-order valence-electron chi connectivity index (χ0n) is 16.9. The maximum Gasteiger partial charge on any atom is 0.255 e. The van der Waals surface area contributed by atoms with E-state index in [1.165, 1.54) is 5.56 Å². The second-order valence-corrected chi connectivity index (χ2v) is 8.33. The van der Waals surface area contributed by atoms with Gasteiger partial charge in [0.15, 0.2) is 0 Å². The number of β-amino-alcohol motifs (C(OH)–C–C–N with tert-alkyl or cyclic N) is 1. The number of fused-ring (bicyclic) bond motifs is 1. The lowest BCUT2D eigenvalue weighted by Crippen LogP contribution is -2.28. The molecule has 6 nitrogen and oxygen atoms in total. The number of pyridine rings is 2. The fraction of sp³-hybridized carbons (Fsp3) is 0.375. The Kier molecular flexibility index (Phi) is 5.09. The Morgan fingerprint density at radius 3 is 2.67 bits per heavy atom. The Hall–Kier alpha value is -2.99. The first kappa shape index (κ1) is 19.0. The van der Waals surface area contributed by atoms with Gasteiger partial charge in [0.1, 0.15) is 5.82 Å². The zero-order valence-corrected chi connectivity index (χ0v) is 16.9. The second-order valence-electron chi connectivity index (χ2n) is 8.33. The summed E-state index contributed by atoms with van der Waals surface area (Å²) in [5.74, 6) is 1.01. The Morgan fingerprint density at radius 2 is 1.87 bits per heavy atom. The molecule has 1 aromatic carbocycles. The lowest BCUT2D eigenvalue weighted by atomic mass is 9.94. The summed E-state index contributed by atoms with van der Waals surface area (Å²) < 4.78 is 0. The van der Waals surface area contributed by atoms with Crippen molar-refractivity contribution in [2.75, 3.05) is 31.1 Å². The van der Waals surface area contributed by atoms with Crippen molar-refractivity contribution in [1.82, 2.24) is 14.9 Å². The third-order valence-corrected chi connectivity index (χ3v) is 6.34. The van der Waals surface area contributed by atoms with Gasteiger partial charge in [0.2, 0.25) is 0 Å². The predicted octanol–water partition coefficient (Wildman–Crippen LogP) is 2.91. The number of hydrogen-bond acceptors (Lipinski definition) is 5. The van der Waals surface area contributed by atoms with E-state index < -0.39 is 6.10 Å². The van der Waals surface area contributed by atoms with Crippen LogP contribution < -0.4 is 4.90 Å². The van der Waals surface area contributed by atoms with Crippen LogP contribution in [-0.2, 0) is 6.42 Å². The van der Waals surface area contributed by atoms with E-state index in [-0.39, 0.29) is 11.8 Å². The van der Waals surface area contributed by atoms with Crippen molar-refractivity contribution in [1.29, 1.82) is 0 Å². The van der Waals surface area contributed by atoms with Crippen LogP contribution in [0.5, 0.6) is 0 Å². The molecule has 2 atom stereocenters. The van der Waals surface area contributed by atoms with Crippen LogP contribution in [0.15, 0.2) is 54.9 Å². The summed E-state index contributed by atoms with van der Waals surface area (Å²) in [5.41, 5.74) is 2.84. The SMILES string of the molecule is O=C(c1ccc(N2C[C@@H](Cc3ccnc4ccccc34)[C@H](O)C2)nc1)N1CCCC1. The van der Waals surface area contributed by atoms with E-state index in [1.54, 1.807) is 6.20 Å². The average molecular weight is 402 g/mol. The lowest BCUT2D eigenvalue weighted by molar-refractivity contribution is 0.0792. The summed E-state index contributed by atoms with van der Waals surface area (Å²) in [4.78, 5) is 25.5. The van der Waals surface area contributed by atoms with Gasteiger partial charge in [0.05, 0.1) is 17.2 Å². The molecular weight excluding hydrogens is 376 g/mol. The Labute approximate surface area is 176 Å². The average Bonchev–Trinajstić information content (AvgIpc) is 3.44. The van der Waals surface area contributed by atoms with Crippen LogP contribution in [-0.4, -0.2) is 58.2 Å². The summed E-state index contributed by atoms with van der Waals surface area (Å²) in [5, 5.41) is 11.8. The van der Waals surface area contributed by atoms with Gasteiger partial charge in [0, 0.05) is 49.9 Å². The Morgan fingerprint density at radius 1 is 1.03 bits per heavy atom. The van der Waals surface area contributed by atoms with Crippen LogP contribution >= 0.6 is 0 Å². The van der Waals surface area contributed by atoms with Gasteiger partial charge in [-0.1, -0.05) is 18.2 Å². The first-order valence-electron chi connectivity index (χ1n) is 10.7. The summed E-state index contributed by atoms with van der Waals surface area (Å²) >= 11 is 0. The molecule has 30 heavy (non-hydrogen) atoms. The van der Waals surface area contributed by atoms with Gasteiger partial charge < -0.3 is 14.9 Å². The van der Waals surface area contributed by atoms with Gasteiger partial charge in [-0.05, 0) is 49.1 Å². The minimum Gasteiger partial charge on any atom is -0.391 e. The van der Waals surface area contributed by atoms with Crippen LogP contribution in [0.3, 0.4) is 0 Å². The molecule has 1 amide bonds. The molecule has 2 saturated heterocycles. The quantitative estimate of drug-likeness (QED) is 0.727. The molecule has 2 aromatic heterocycles. The van der Waals surface area contributed by atoms with Crippen molar-refractivity contribution in [3.05, 3.63) is 66.0 Å². The summed E-state index contributed by atoms with van der Waals surface area (Å²) in [6.07, 6.45) is 6.06. The number of hydrogen-bond donors (Lipinski definition) is 1. The van der Waals surface area contributed by atoms with Gasteiger partial charge >= 0.3 is 0 Å². The van der Waals surface area contributed by atoms with Gasteiger partial charge in [0.25, 0.3) is 5.91 Å². The number of para-hydroxylation sites is 1. The summed E-state index contributed by atoms with van der Waals surface area (Å²) in [6.45, 7) is 2.97. The van der Waals surface area contributed by atoms with E-state index in [0.29, 0.717) is 12.1 Å². The highest BCUT2D eigenvalue weighted by atomic mass is 16.3. The van der Waals surface area contributed by atoms with E-state index in [2.05, 4.69) is 27.0 Å². The first-order valence-corrected chi connectivity index (χ1v) is 10.7. The lowest BCUT2D eigenvalue weighted by Gasteiger charge is -2.19. The number of likely N-dealkylation sites (tertiary alicyclic amines) is 1. The number of anilines is 1. The number of aromatic nitrogens is 2. The molecule has 3 aromatic rings. The maximum absolute atomic E-state index is 12.5. The van der Waals surface area contributed by atoms with Crippen molar-refractivity contribution in [2.24, 2.45) is 5.92 Å². The van der Waals surface area contributed by atoms with Gasteiger partial charge in [-0.3, -0.25) is 9.78 Å². The number of aliphatic hydroxyl groups is 1. The smallest absolute Gasteiger partial charge is 0.255 e. The molecule has 0 aliphatic carbocycles. The second kappa shape index (κ2) is 8.03. The molecule has 2 aliphatic rings. The summed E-state index contributed by atoms with van der Waals surface area (Å²) in [6, 6.07) is 13.9. The minimum absolute atomic E-state index is 0.0652. The van der Waals surface area contributed by atoms with Crippen LogP contribution in [0.2, 0.25) is 0 Å². The summed E-state index contributed by atoms with van der Waals surface area (Å²) in [7, 11) is 0. The molecule has 0 saturated carbocycles. The monoisotopic (exact) mass is 402 g/mol. The van der Waals surface area contributed by atoms with Crippen LogP contribution in [0, 0.1) is 5.92 Å². The highest BCUT2D eigenvalue weighted by Gasteiger charge is 2.32. The van der Waals surface area contributed by atoms with Crippen molar-refractivity contribution in [3.8, 4) is 0 Å². The van der Waals surface area contributed by atoms with E-state index in [1.807, 2.05) is 41.4 Å². The number of carbonyl (C=O) groups excluding carboxylic acids is 1. The van der Waals surface area contributed by atoms with Crippen molar-refractivity contribution in [2.45, 2.75) is 25.4 Å². The highest BCUT2D eigenvalue weighted by Crippen LogP contribution is 2.28. The number of amides is 1. The third kappa shape index (κ3) is 3.63. The molecule has 2 aliphatic heterocycles. The van der Waals surface area contributed by atoms with Gasteiger partial charge in [-0.15, -0.1) is 0 Å². The van der Waals surface area contributed by atoms with Crippen molar-refractivity contribution < 1.29 is 9.90 Å². The van der Waals surface area contributed by atoms with Crippen LogP contribution in [0.4, 0.5) is 5.82 Å². The first-order chi connectivity index (χ1) is 14.7. The Balaban J connectivity index is 1.29. The van der Waals surface area contributed by atoms with Gasteiger partial charge in [-0.2, -0.15) is 0 Å². The van der Waals surface area contributed by atoms with E-state index in [9.17, 15) is 9.90 Å². The van der Waals surface area contributed by atoms with Crippen LogP contribution in [0.25, 0.3) is 10.9 Å². The molecule has 4 heterocycles. The topological polar surface area (TPSA) is 69.6 Å². The molecule has 2 fully saturated rings. The molecule has 6 heteroatoms. The molecular formula is C24H26N4O2. The van der Waals surface area contributed by atoms with Crippen LogP contribution in [0.1, 0.15) is 28.8 Å². The minimum atomic E-state index is -0.412. The number of nitrogens with zero attached hydrogens (tertiary/aromatic N) is 4. The molecule has 0 spiro atoms. The molecule has 5 rings (SSSR count). The highest BCUT2D eigenvalue weighted by molar-refractivity contribution is 5.94. The standard InChI is InChI=1S/C24H26N4O2/c29-22-16-28(23-8-7-18(14-26-23)24(30)27-11-3-4-12-27)15-19(22)13-17-9-10-25-21-6-2-1-5-20(17)21/h1-2,5-10,14,19,22,29H,3-4,11-13,15-16H2/t19-,22-/m1/s1. The largest absolute Gasteiger partial charge is 0.391 e. The van der Waals surface area contributed by atoms with Crippen molar-refractivity contribution >= 4 is 22.6 Å². The molecule has 0 bridgehead atoms. The zero-order chi connectivity index (χ0) is 20.5. The Bertz CT molecular complexity index is 1040. The number of carbonyl (C=O) groups is 1. The third-order valence-electron chi connectivity index (χ3n) is 6.34.